The number of carbonyl (C=O) groups is 4. The van der Waals surface area contributed by atoms with Crippen LogP contribution in [0.15, 0.2) is 36.4 Å². The Kier molecular flexibility index (Phi) is 36.5. The number of nitrogens with two attached hydrogens (primary N) is 1. The van der Waals surface area contributed by atoms with Crippen molar-refractivity contribution in [2.45, 2.75) is 219 Å². The molecule has 2 rings (SSSR count). The van der Waals surface area contributed by atoms with Crippen LogP contribution in [-0.2, 0) is 14.3 Å². The lowest BCUT2D eigenvalue weighted by atomic mass is 10.0. The van der Waals surface area contributed by atoms with Crippen molar-refractivity contribution in [3.8, 4) is 11.5 Å². The Morgan fingerprint density at radius 3 is 1.03 bits per heavy atom. The zero-order valence-corrected chi connectivity index (χ0v) is 41.0. The molecule has 364 valence electrons. The number of amides is 3. The van der Waals surface area contributed by atoms with Crippen molar-refractivity contribution in [2.75, 3.05) is 32.0 Å². The zero-order valence-electron chi connectivity index (χ0n) is 41.0. The number of hydrogen-bond donors (Lipinski definition) is 4. The summed E-state index contributed by atoms with van der Waals surface area (Å²) in [4.78, 5) is 47.7. The number of rotatable bonds is 38. The fraction of sp³-hybridized carbons (Fsp3) is 0.698. The lowest BCUT2D eigenvalue weighted by Gasteiger charge is -2.10. The van der Waals surface area contributed by atoms with Gasteiger partial charge in [-0.15, -0.1) is 0 Å². The van der Waals surface area contributed by atoms with Gasteiger partial charge >= 0.3 is 5.97 Å². The van der Waals surface area contributed by atoms with E-state index in [1.165, 1.54) is 188 Å². The minimum Gasteiger partial charge on any atom is -0.496 e. The molecular weight excluding hydrogens is 805 g/mol. The summed E-state index contributed by atoms with van der Waals surface area (Å²) in [5, 5.41) is 5.75. The molecule has 11 nitrogen and oxygen atoms in total. The molecule has 0 radical (unpaired) electrons. The number of hydrazine groups is 1. The summed E-state index contributed by atoms with van der Waals surface area (Å²) in [5.74, 6) is 5.02. The third-order valence-electron chi connectivity index (χ3n) is 11.8. The maximum absolute atomic E-state index is 12.2. The van der Waals surface area contributed by atoms with Gasteiger partial charge in [0.15, 0.2) is 0 Å². The third-order valence-corrected chi connectivity index (χ3v) is 11.8. The van der Waals surface area contributed by atoms with Crippen LogP contribution in [0.3, 0.4) is 0 Å². The molecular formula is C53H90N4O7. The van der Waals surface area contributed by atoms with Crippen molar-refractivity contribution in [3.05, 3.63) is 47.5 Å². The predicted octanol–water partition coefficient (Wildman–Crippen LogP) is 14.2. The first-order chi connectivity index (χ1) is 31.2. The molecule has 0 heterocycles. The van der Waals surface area contributed by atoms with E-state index in [1.54, 1.807) is 36.4 Å². The van der Waals surface area contributed by atoms with Gasteiger partial charge < -0.3 is 24.8 Å². The maximum atomic E-state index is 12.2. The van der Waals surface area contributed by atoms with Crippen molar-refractivity contribution in [1.29, 1.82) is 0 Å². The minimum absolute atomic E-state index is 0.00688. The second-order valence-corrected chi connectivity index (χ2v) is 17.3. The number of ether oxygens (including phenoxy) is 3. The quantitative estimate of drug-likeness (QED) is 0.0170. The first kappa shape index (κ1) is 57.9. The molecule has 2 aromatic carbocycles. The fourth-order valence-corrected chi connectivity index (χ4v) is 7.84. The Morgan fingerprint density at radius 2 is 0.734 bits per heavy atom. The lowest BCUT2D eigenvalue weighted by Crippen LogP contribution is -2.30. The average Bonchev–Trinajstić information content (AvgIpc) is 3.31. The molecule has 0 unspecified atom stereocenters. The van der Waals surface area contributed by atoms with Gasteiger partial charge in [0.25, 0.3) is 5.91 Å². The molecule has 0 aliphatic rings. The van der Waals surface area contributed by atoms with Crippen LogP contribution in [0.2, 0.25) is 0 Å². The number of nitrogens with one attached hydrogen (secondary N) is 3. The molecule has 0 saturated carbocycles. The van der Waals surface area contributed by atoms with Crippen LogP contribution >= 0.6 is 0 Å². The molecule has 3 amide bonds. The maximum Gasteiger partial charge on any atom is 0.341 e. The predicted molar refractivity (Wildman–Crippen MR) is 265 cm³/mol. The standard InChI is InChI=1S/C27H45NO4.C26H45N3O3/c1-4-5-6-7-8-9-10-11-12-13-14-15-16-17-18-19-26(29)28-23-20-21-24(27(30)32-3)25(22-23)31-2;1-3-4-5-6-7-8-9-10-11-12-13-14-15-16-17-18-25(30)28-22-19-20-23(26(31)29-27)24(21-22)32-2/h20-22H,4-19H2,1-3H3,(H,28,29);19-21H,3-18,27H2,1-2H3,(H,28,30)(H,29,31). The van der Waals surface area contributed by atoms with Gasteiger partial charge in [-0.1, -0.05) is 194 Å². The Hall–Kier alpha value is -4.12. The lowest BCUT2D eigenvalue weighted by molar-refractivity contribution is -0.117. The van der Waals surface area contributed by atoms with E-state index in [9.17, 15) is 19.2 Å². The van der Waals surface area contributed by atoms with Gasteiger partial charge in [0, 0.05) is 36.3 Å². The number of nitrogen functional groups attached to an aromatic ring is 1. The summed E-state index contributed by atoms with van der Waals surface area (Å²) in [7, 11) is 4.29. The van der Waals surface area contributed by atoms with E-state index in [-0.39, 0.29) is 11.8 Å². The van der Waals surface area contributed by atoms with Gasteiger partial charge in [-0.2, -0.15) is 0 Å². The first-order valence-corrected chi connectivity index (χ1v) is 25.3. The summed E-state index contributed by atoms with van der Waals surface area (Å²) >= 11 is 0. The number of methoxy groups -OCH3 is 3. The van der Waals surface area contributed by atoms with Crippen molar-refractivity contribution in [1.82, 2.24) is 5.43 Å². The number of benzene rings is 2. The molecule has 64 heavy (non-hydrogen) atoms. The van der Waals surface area contributed by atoms with E-state index in [0.717, 1.165) is 25.7 Å². The van der Waals surface area contributed by atoms with Gasteiger partial charge in [0.2, 0.25) is 11.8 Å². The van der Waals surface area contributed by atoms with Crippen LogP contribution < -0.4 is 31.4 Å². The van der Waals surface area contributed by atoms with E-state index >= 15 is 0 Å². The molecule has 0 aromatic heterocycles. The van der Waals surface area contributed by atoms with Gasteiger partial charge in [-0.25, -0.2) is 10.6 Å². The highest BCUT2D eigenvalue weighted by Crippen LogP contribution is 2.25. The molecule has 2 aromatic rings. The second kappa shape index (κ2) is 40.4. The Labute approximate surface area is 388 Å². The third kappa shape index (κ3) is 29.3. The minimum atomic E-state index is -0.461. The summed E-state index contributed by atoms with van der Waals surface area (Å²) in [6.07, 6.45) is 40.3. The highest BCUT2D eigenvalue weighted by atomic mass is 16.5. The fourth-order valence-electron chi connectivity index (χ4n) is 7.84. The van der Waals surface area contributed by atoms with Crippen LogP contribution in [0.5, 0.6) is 11.5 Å². The number of esters is 1. The number of hydrogen-bond acceptors (Lipinski definition) is 8. The molecule has 0 fully saturated rings. The monoisotopic (exact) mass is 895 g/mol. The van der Waals surface area contributed by atoms with Crippen molar-refractivity contribution < 1.29 is 33.4 Å². The molecule has 0 saturated heterocycles. The molecule has 5 N–H and O–H groups in total. The van der Waals surface area contributed by atoms with Gasteiger partial charge in [-0.3, -0.25) is 19.8 Å². The second-order valence-electron chi connectivity index (χ2n) is 17.3. The Balaban J connectivity index is 0.000000640. The highest BCUT2D eigenvalue weighted by Gasteiger charge is 2.15. The van der Waals surface area contributed by atoms with Crippen LogP contribution in [0.25, 0.3) is 0 Å². The Bertz CT molecular complexity index is 1410. The summed E-state index contributed by atoms with van der Waals surface area (Å²) < 4.78 is 15.2. The molecule has 0 spiro atoms. The van der Waals surface area contributed by atoms with Gasteiger partial charge in [0.1, 0.15) is 17.1 Å². The molecule has 0 atom stereocenters. The van der Waals surface area contributed by atoms with E-state index in [1.807, 2.05) is 0 Å². The van der Waals surface area contributed by atoms with Crippen molar-refractivity contribution in [2.24, 2.45) is 5.84 Å². The van der Waals surface area contributed by atoms with Gasteiger partial charge in [-0.05, 0) is 37.1 Å². The molecule has 0 aliphatic heterocycles. The molecule has 0 aliphatic carbocycles. The SMILES string of the molecule is CCCCCCCCCCCCCCCCCC(=O)Nc1ccc(C(=O)NN)c(OC)c1.CCCCCCCCCCCCCCCCCC(=O)Nc1ccc(C(=O)OC)c(OC)c1. The van der Waals surface area contributed by atoms with E-state index in [4.69, 9.17) is 20.1 Å². The number of carbonyl (C=O) groups excluding carboxylic acids is 4. The van der Waals surface area contributed by atoms with E-state index in [0.29, 0.717) is 46.8 Å². The van der Waals surface area contributed by atoms with Crippen LogP contribution in [0.1, 0.15) is 240 Å². The van der Waals surface area contributed by atoms with Crippen molar-refractivity contribution >= 4 is 35.1 Å². The molecule has 0 bridgehead atoms. The van der Waals surface area contributed by atoms with Crippen LogP contribution in [0.4, 0.5) is 11.4 Å². The topological polar surface area (TPSA) is 158 Å². The smallest absolute Gasteiger partial charge is 0.341 e. The van der Waals surface area contributed by atoms with Crippen LogP contribution in [0, 0.1) is 0 Å². The normalized spacial score (nSPS) is 10.7. The molecule has 11 heteroatoms. The number of anilines is 2. The zero-order chi connectivity index (χ0) is 46.9. The average molecular weight is 895 g/mol. The van der Waals surface area contributed by atoms with E-state index in [2.05, 4.69) is 29.9 Å². The van der Waals surface area contributed by atoms with Crippen molar-refractivity contribution in [3.63, 3.8) is 0 Å². The van der Waals surface area contributed by atoms with E-state index < -0.39 is 11.9 Å². The van der Waals surface area contributed by atoms with Gasteiger partial charge in [0.05, 0.1) is 26.9 Å². The summed E-state index contributed by atoms with van der Waals surface area (Å²) in [6.45, 7) is 4.54. The number of unbranched alkanes of at least 4 members (excludes halogenated alkanes) is 28. The Morgan fingerprint density at radius 1 is 0.438 bits per heavy atom. The van der Waals surface area contributed by atoms with Crippen LogP contribution in [-0.4, -0.2) is 45.0 Å². The largest absolute Gasteiger partial charge is 0.496 e. The highest BCUT2D eigenvalue weighted by molar-refractivity contribution is 5.98. The summed E-state index contributed by atoms with van der Waals surface area (Å²) in [5.41, 5.74) is 3.99. The summed E-state index contributed by atoms with van der Waals surface area (Å²) in [6, 6.07) is 9.85. The first-order valence-electron chi connectivity index (χ1n) is 25.3.